The number of nitrogens with zero attached hydrogens (tertiary/aromatic N) is 1. The van der Waals surface area contributed by atoms with Gasteiger partial charge in [0.15, 0.2) is 0 Å². The molecule has 0 aromatic heterocycles. The molecule has 0 bridgehead atoms. The van der Waals surface area contributed by atoms with Crippen molar-refractivity contribution in [3.8, 4) is 0 Å². The molecular weight excluding hydrogens is 275 g/mol. The molecule has 1 aliphatic rings. The quantitative estimate of drug-likeness (QED) is 0.887. The molecule has 1 fully saturated rings. The molecule has 114 valence electrons. The highest BCUT2D eigenvalue weighted by Gasteiger charge is 2.35. The van der Waals surface area contributed by atoms with E-state index in [4.69, 9.17) is 5.11 Å². The molecule has 5 nitrogen and oxygen atoms in total. The van der Waals surface area contributed by atoms with E-state index in [1.165, 1.54) is 12.1 Å². The molecule has 2 unspecified atom stereocenters. The number of nitrogens with one attached hydrogen (secondary N) is 1. The minimum Gasteiger partial charge on any atom is -0.481 e. The number of likely N-dealkylation sites (tertiary alicyclic amines) is 1. The Bertz CT molecular complexity index is 562. The van der Waals surface area contributed by atoms with Gasteiger partial charge in [-0.05, 0) is 30.5 Å². The molecule has 1 aromatic carbocycles. The van der Waals surface area contributed by atoms with E-state index in [2.05, 4.69) is 5.32 Å². The summed E-state index contributed by atoms with van der Waals surface area (Å²) >= 11 is 0. The number of halogens is 1. The molecule has 6 heteroatoms. The molecule has 1 aliphatic heterocycles. The zero-order valence-electron chi connectivity index (χ0n) is 12.1. The van der Waals surface area contributed by atoms with E-state index in [9.17, 15) is 14.0 Å². The third-order valence-corrected chi connectivity index (χ3v) is 3.85. The summed E-state index contributed by atoms with van der Waals surface area (Å²) in [5, 5.41) is 11.7. The lowest BCUT2D eigenvalue weighted by atomic mass is 9.99. The van der Waals surface area contributed by atoms with Gasteiger partial charge in [-0.1, -0.05) is 13.0 Å². The van der Waals surface area contributed by atoms with Crippen molar-refractivity contribution in [2.24, 2.45) is 11.8 Å². The first kappa shape index (κ1) is 15.4. The van der Waals surface area contributed by atoms with Gasteiger partial charge in [-0.2, -0.15) is 0 Å². The van der Waals surface area contributed by atoms with Gasteiger partial charge < -0.3 is 10.4 Å². The lowest BCUT2D eigenvalue weighted by Gasteiger charge is -2.15. The van der Waals surface area contributed by atoms with Crippen LogP contribution in [0.4, 0.5) is 10.1 Å². The predicted molar refractivity (Wildman–Crippen MR) is 76.5 cm³/mol. The lowest BCUT2D eigenvalue weighted by molar-refractivity contribution is -0.142. The van der Waals surface area contributed by atoms with Crippen molar-refractivity contribution in [1.29, 1.82) is 0 Å². The number of carboxylic acid groups (broad SMARTS) is 1. The number of anilines is 1. The van der Waals surface area contributed by atoms with Crippen LogP contribution in [-0.2, 0) is 9.59 Å². The molecule has 0 aliphatic carbocycles. The van der Waals surface area contributed by atoms with Crippen LogP contribution < -0.4 is 5.32 Å². The summed E-state index contributed by atoms with van der Waals surface area (Å²) in [5.41, 5.74) is 1.23. The molecular formula is C15H19FN2O3. The second kappa shape index (κ2) is 6.22. The largest absolute Gasteiger partial charge is 0.481 e. The van der Waals surface area contributed by atoms with Crippen molar-refractivity contribution < 1.29 is 19.1 Å². The van der Waals surface area contributed by atoms with Crippen LogP contribution >= 0.6 is 0 Å². The highest BCUT2D eigenvalue weighted by atomic mass is 19.1. The maximum absolute atomic E-state index is 13.2. The Kier molecular flexibility index (Phi) is 4.57. The Morgan fingerprint density at radius 2 is 2.14 bits per heavy atom. The third kappa shape index (κ3) is 3.78. The van der Waals surface area contributed by atoms with Gasteiger partial charge in [-0.3, -0.25) is 14.5 Å². The SMILES string of the molecule is Cc1ccc(F)cc1NC(=O)CN1CC(C)C(C(=O)O)C1. The maximum atomic E-state index is 13.2. The van der Waals surface area contributed by atoms with Crippen LogP contribution in [0.3, 0.4) is 0 Å². The molecule has 1 saturated heterocycles. The number of aryl methyl sites for hydroxylation is 1. The van der Waals surface area contributed by atoms with E-state index in [-0.39, 0.29) is 18.4 Å². The highest BCUT2D eigenvalue weighted by molar-refractivity contribution is 5.93. The average molecular weight is 294 g/mol. The lowest BCUT2D eigenvalue weighted by Crippen LogP contribution is -2.32. The number of carbonyl (C=O) groups is 2. The van der Waals surface area contributed by atoms with Crippen molar-refractivity contribution in [3.63, 3.8) is 0 Å². The fourth-order valence-electron chi connectivity index (χ4n) is 2.64. The van der Waals surface area contributed by atoms with Crippen LogP contribution in [0.15, 0.2) is 18.2 Å². The minimum absolute atomic E-state index is 0.0196. The topological polar surface area (TPSA) is 69.6 Å². The van der Waals surface area contributed by atoms with E-state index < -0.39 is 17.7 Å². The molecule has 1 amide bonds. The first-order valence-electron chi connectivity index (χ1n) is 6.88. The van der Waals surface area contributed by atoms with Gasteiger partial charge >= 0.3 is 5.97 Å². The minimum atomic E-state index is -0.827. The first-order chi connectivity index (χ1) is 9.86. The Labute approximate surface area is 122 Å². The molecule has 2 rings (SSSR count). The molecule has 0 saturated carbocycles. The van der Waals surface area contributed by atoms with Gasteiger partial charge in [-0.15, -0.1) is 0 Å². The zero-order chi connectivity index (χ0) is 15.6. The molecule has 2 N–H and O–H groups in total. The van der Waals surface area contributed by atoms with E-state index in [0.29, 0.717) is 18.8 Å². The summed E-state index contributed by atoms with van der Waals surface area (Å²) in [4.78, 5) is 24.9. The second-order valence-electron chi connectivity index (χ2n) is 5.62. The predicted octanol–water partition coefficient (Wildman–Crippen LogP) is 1.73. The summed E-state index contributed by atoms with van der Waals surface area (Å²) in [7, 11) is 0. The van der Waals surface area contributed by atoms with Crippen LogP contribution in [0.2, 0.25) is 0 Å². The summed E-state index contributed by atoms with van der Waals surface area (Å²) in [6.45, 7) is 4.71. The Balaban J connectivity index is 1.94. The number of amides is 1. The van der Waals surface area contributed by atoms with Crippen molar-refractivity contribution in [2.75, 3.05) is 25.0 Å². The van der Waals surface area contributed by atoms with Gasteiger partial charge in [0.05, 0.1) is 12.5 Å². The van der Waals surface area contributed by atoms with E-state index in [1.54, 1.807) is 13.0 Å². The number of carbonyl (C=O) groups excluding carboxylic acids is 1. The van der Waals surface area contributed by atoms with Crippen molar-refractivity contribution in [2.45, 2.75) is 13.8 Å². The summed E-state index contributed by atoms with van der Waals surface area (Å²) in [5.74, 6) is -1.91. The molecule has 1 heterocycles. The van der Waals surface area contributed by atoms with Crippen molar-refractivity contribution in [1.82, 2.24) is 4.90 Å². The normalized spacial score (nSPS) is 22.2. The number of hydrogen-bond acceptors (Lipinski definition) is 3. The fourth-order valence-corrected chi connectivity index (χ4v) is 2.64. The summed E-state index contributed by atoms with van der Waals surface area (Å²) in [6, 6.07) is 4.22. The zero-order valence-corrected chi connectivity index (χ0v) is 12.1. The Hall–Kier alpha value is -1.95. The third-order valence-electron chi connectivity index (χ3n) is 3.85. The van der Waals surface area contributed by atoms with Crippen LogP contribution in [0.5, 0.6) is 0 Å². The van der Waals surface area contributed by atoms with Gasteiger partial charge in [0.25, 0.3) is 0 Å². The fraction of sp³-hybridized carbons (Fsp3) is 0.467. The highest BCUT2D eigenvalue weighted by Crippen LogP contribution is 2.23. The summed E-state index contributed by atoms with van der Waals surface area (Å²) in [6.07, 6.45) is 0. The number of benzene rings is 1. The molecule has 1 aromatic rings. The smallest absolute Gasteiger partial charge is 0.308 e. The molecule has 0 radical (unpaired) electrons. The van der Waals surface area contributed by atoms with E-state index >= 15 is 0 Å². The van der Waals surface area contributed by atoms with E-state index in [0.717, 1.165) is 5.56 Å². The monoisotopic (exact) mass is 294 g/mol. The summed E-state index contributed by atoms with van der Waals surface area (Å²) < 4.78 is 13.2. The van der Waals surface area contributed by atoms with E-state index in [1.807, 2.05) is 11.8 Å². The molecule has 21 heavy (non-hydrogen) atoms. The number of rotatable bonds is 4. The number of hydrogen-bond donors (Lipinski definition) is 2. The van der Waals surface area contributed by atoms with Gasteiger partial charge in [0, 0.05) is 18.8 Å². The van der Waals surface area contributed by atoms with Crippen LogP contribution in [0, 0.1) is 24.6 Å². The standard InChI is InChI=1S/C15H19FN2O3/c1-9-3-4-11(16)5-13(9)17-14(19)8-18-6-10(2)12(7-18)15(20)21/h3-5,10,12H,6-8H2,1-2H3,(H,17,19)(H,20,21). The molecule has 2 atom stereocenters. The second-order valence-corrected chi connectivity index (χ2v) is 5.62. The van der Waals surface area contributed by atoms with Gasteiger partial charge in [-0.25, -0.2) is 4.39 Å². The maximum Gasteiger partial charge on any atom is 0.308 e. The first-order valence-corrected chi connectivity index (χ1v) is 6.88. The van der Waals surface area contributed by atoms with Crippen molar-refractivity contribution in [3.05, 3.63) is 29.6 Å². The Morgan fingerprint density at radius 1 is 1.43 bits per heavy atom. The van der Waals surface area contributed by atoms with Gasteiger partial charge in [0.1, 0.15) is 5.82 Å². The van der Waals surface area contributed by atoms with Gasteiger partial charge in [0.2, 0.25) is 5.91 Å². The number of carboxylic acids is 1. The molecule has 0 spiro atoms. The number of aliphatic carboxylic acids is 1. The van der Waals surface area contributed by atoms with Crippen molar-refractivity contribution >= 4 is 17.6 Å². The Morgan fingerprint density at radius 3 is 2.76 bits per heavy atom. The average Bonchev–Trinajstić information content (AvgIpc) is 2.74. The van der Waals surface area contributed by atoms with Crippen LogP contribution in [-0.4, -0.2) is 41.5 Å². The van der Waals surface area contributed by atoms with Crippen LogP contribution in [0.1, 0.15) is 12.5 Å². The van der Waals surface area contributed by atoms with Crippen LogP contribution in [0.25, 0.3) is 0 Å².